The smallest absolute Gasteiger partial charge is 0.276 e. The molecule has 102 valence electrons. The van der Waals surface area contributed by atoms with Crippen LogP contribution in [0.15, 0.2) is 36.5 Å². The lowest BCUT2D eigenvalue weighted by molar-refractivity contribution is -0.123. The number of benzene rings is 1. The molecule has 0 spiro atoms. The molecule has 1 aromatic carbocycles. The third kappa shape index (κ3) is 2.37. The molecule has 1 saturated heterocycles. The average Bonchev–Trinajstić information content (AvgIpc) is 2.97. The number of hydrogen-bond acceptors (Lipinski definition) is 4. The van der Waals surface area contributed by atoms with E-state index in [4.69, 9.17) is 0 Å². The molecule has 7 heteroatoms. The summed E-state index contributed by atoms with van der Waals surface area (Å²) in [6, 6.07) is 9.41. The van der Waals surface area contributed by atoms with Crippen molar-refractivity contribution in [3.8, 4) is 5.69 Å². The highest BCUT2D eigenvalue weighted by molar-refractivity contribution is 5.95. The predicted octanol–water partition coefficient (Wildman–Crippen LogP) is -0.161. The highest BCUT2D eigenvalue weighted by Gasteiger charge is 2.24. The molecule has 0 saturated carbocycles. The Morgan fingerprint density at radius 3 is 2.80 bits per heavy atom. The van der Waals surface area contributed by atoms with Crippen LogP contribution in [-0.4, -0.2) is 51.3 Å². The van der Waals surface area contributed by atoms with Crippen LogP contribution in [0.2, 0.25) is 0 Å². The minimum atomic E-state index is -0.276. The second kappa shape index (κ2) is 5.12. The van der Waals surface area contributed by atoms with Crippen LogP contribution >= 0.6 is 0 Å². The van der Waals surface area contributed by atoms with E-state index in [1.807, 2.05) is 30.3 Å². The second-order valence-corrected chi connectivity index (χ2v) is 4.46. The zero-order chi connectivity index (χ0) is 13.9. The van der Waals surface area contributed by atoms with Gasteiger partial charge in [-0.25, -0.2) is 4.68 Å². The van der Waals surface area contributed by atoms with Gasteiger partial charge in [-0.1, -0.05) is 23.4 Å². The Morgan fingerprint density at radius 2 is 2.05 bits per heavy atom. The highest BCUT2D eigenvalue weighted by Crippen LogP contribution is 2.08. The molecule has 1 fully saturated rings. The molecule has 1 aliphatic rings. The summed E-state index contributed by atoms with van der Waals surface area (Å²) in [6.07, 6.45) is 1.57. The van der Waals surface area contributed by atoms with Crippen molar-refractivity contribution >= 4 is 11.8 Å². The Labute approximate surface area is 115 Å². The maximum Gasteiger partial charge on any atom is 0.276 e. The van der Waals surface area contributed by atoms with Crippen LogP contribution in [0.25, 0.3) is 5.69 Å². The molecular weight excluding hydrogens is 258 g/mol. The zero-order valence-corrected chi connectivity index (χ0v) is 10.7. The number of hydrogen-bond donors (Lipinski definition) is 1. The van der Waals surface area contributed by atoms with Crippen molar-refractivity contribution in [3.63, 3.8) is 0 Å². The van der Waals surface area contributed by atoms with Gasteiger partial charge in [0.05, 0.1) is 18.4 Å². The third-order valence-corrected chi connectivity index (χ3v) is 3.06. The minimum absolute atomic E-state index is 0.0665. The lowest BCUT2D eigenvalue weighted by atomic mass is 10.3. The quantitative estimate of drug-likeness (QED) is 0.823. The Balaban J connectivity index is 1.80. The van der Waals surface area contributed by atoms with Gasteiger partial charge in [0.2, 0.25) is 5.91 Å². The van der Waals surface area contributed by atoms with E-state index in [0.717, 1.165) is 5.69 Å². The van der Waals surface area contributed by atoms with Crippen molar-refractivity contribution in [2.24, 2.45) is 0 Å². The first kappa shape index (κ1) is 12.3. The fourth-order valence-electron chi connectivity index (χ4n) is 2.04. The van der Waals surface area contributed by atoms with Crippen molar-refractivity contribution in [1.29, 1.82) is 0 Å². The topological polar surface area (TPSA) is 80.1 Å². The first-order valence-electron chi connectivity index (χ1n) is 6.28. The summed E-state index contributed by atoms with van der Waals surface area (Å²) < 4.78 is 1.54. The van der Waals surface area contributed by atoms with Gasteiger partial charge in [0, 0.05) is 13.1 Å². The molecule has 3 rings (SSSR count). The Morgan fingerprint density at radius 1 is 1.25 bits per heavy atom. The van der Waals surface area contributed by atoms with Crippen LogP contribution in [0.1, 0.15) is 10.5 Å². The molecular formula is C13H13N5O2. The Kier molecular flexibility index (Phi) is 3.16. The van der Waals surface area contributed by atoms with Crippen molar-refractivity contribution in [3.05, 3.63) is 42.2 Å². The van der Waals surface area contributed by atoms with Crippen LogP contribution in [0, 0.1) is 0 Å². The maximum absolute atomic E-state index is 12.2. The van der Waals surface area contributed by atoms with E-state index >= 15 is 0 Å². The third-order valence-electron chi connectivity index (χ3n) is 3.06. The number of nitrogens with zero attached hydrogens (tertiary/aromatic N) is 4. The van der Waals surface area contributed by atoms with Gasteiger partial charge in [0.25, 0.3) is 5.91 Å². The molecule has 2 heterocycles. The Hall–Kier alpha value is -2.70. The normalized spacial score (nSPS) is 15.0. The van der Waals surface area contributed by atoms with Gasteiger partial charge < -0.3 is 10.2 Å². The summed E-state index contributed by atoms with van der Waals surface area (Å²) >= 11 is 0. The van der Waals surface area contributed by atoms with Gasteiger partial charge in [-0.15, -0.1) is 5.10 Å². The van der Waals surface area contributed by atoms with E-state index in [-0.39, 0.29) is 24.1 Å². The van der Waals surface area contributed by atoms with Crippen LogP contribution in [0.3, 0.4) is 0 Å². The predicted molar refractivity (Wildman–Crippen MR) is 70.3 cm³/mol. The van der Waals surface area contributed by atoms with Crippen molar-refractivity contribution in [2.45, 2.75) is 0 Å². The molecule has 20 heavy (non-hydrogen) atoms. The largest absolute Gasteiger partial charge is 0.353 e. The Bertz CT molecular complexity index is 637. The molecule has 0 radical (unpaired) electrons. The van der Waals surface area contributed by atoms with Gasteiger partial charge in [-0.2, -0.15) is 0 Å². The summed E-state index contributed by atoms with van der Waals surface area (Å²) in [6.45, 7) is 1.02. The van der Waals surface area contributed by atoms with Crippen LogP contribution in [-0.2, 0) is 4.79 Å². The first-order chi connectivity index (χ1) is 9.74. The summed E-state index contributed by atoms with van der Waals surface area (Å²) in [5.74, 6) is -0.429. The monoisotopic (exact) mass is 271 g/mol. The molecule has 0 aliphatic carbocycles. The number of amides is 2. The fraction of sp³-hybridized carbons (Fsp3) is 0.231. The van der Waals surface area contributed by atoms with Gasteiger partial charge in [0.15, 0.2) is 5.69 Å². The standard InChI is InChI=1S/C13H13N5O2/c19-12-9-17(7-6-14-12)13(20)11-8-18(16-15-11)10-4-2-1-3-5-10/h1-5,8H,6-7,9H2,(H,14,19). The van der Waals surface area contributed by atoms with Crippen molar-refractivity contribution in [2.75, 3.05) is 19.6 Å². The lowest BCUT2D eigenvalue weighted by Crippen LogP contribution is -2.50. The first-order valence-corrected chi connectivity index (χ1v) is 6.28. The molecule has 0 bridgehead atoms. The number of aromatic nitrogens is 3. The van der Waals surface area contributed by atoms with Crippen LogP contribution in [0.4, 0.5) is 0 Å². The van der Waals surface area contributed by atoms with E-state index in [9.17, 15) is 9.59 Å². The van der Waals surface area contributed by atoms with E-state index < -0.39 is 0 Å². The number of para-hydroxylation sites is 1. The molecule has 7 nitrogen and oxygen atoms in total. The van der Waals surface area contributed by atoms with Gasteiger partial charge in [0.1, 0.15) is 0 Å². The number of carbonyl (C=O) groups is 2. The lowest BCUT2D eigenvalue weighted by Gasteiger charge is -2.25. The van der Waals surface area contributed by atoms with Crippen LogP contribution < -0.4 is 5.32 Å². The maximum atomic E-state index is 12.2. The van der Waals surface area contributed by atoms with Gasteiger partial charge in [-0.3, -0.25) is 9.59 Å². The summed E-state index contributed by atoms with van der Waals surface area (Å²) in [5.41, 5.74) is 1.07. The summed E-state index contributed by atoms with van der Waals surface area (Å²) in [4.78, 5) is 25.0. The fourth-order valence-corrected chi connectivity index (χ4v) is 2.04. The number of carbonyl (C=O) groups excluding carboxylic acids is 2. The van der Waals surface area contributed by atoms with E-state index in [1.165, 1.54) is 9.58 Å². The SMILES string of the molecule is O=C1CN(C(=O)c2cn(-c3ccccc3)nn2)CCN1. The van der Waals surface area contributed by atoms with Crippen molar-refractivity contribution < 1.29 is 9.59 Å². The summed E-state index contributed by atoms with van der Waals surface area (Å²) in [7, 11) is 0. The average molecular weight is 271 g/mol. The van der Waals surface area contributed by atoms with Gasteiger partial charge in [-0.05, 0) is 12.1 Å². The number of rotatable bonds is 2. The molecule has 0 atom stereocenters. The molecule has 1 aromatic heterocycles. The molecule has 1 aliphatic heterocycles. The highest BCUT2D eigenvalue weighted by atomic mass is 16.2. The molecule has 2 aromatic rings. The van der Waals surface area contributed by atoms with Crippen molar-refractivity contribution in [1.82, 2.24) is 25.2 Å². The van der Waals surface area contributed by atoms with Gasteiger partial charge >= 0.3 is 0 Å². The number of piperazine rings is 1. The molecule has 0 unspecified atom stereocenters. The number of nitrogens with one attached hydrogen (secondary N) is 1. The molecule has 2 amide bonds. The zero-order valence-electron chi connectivity index (χ0n) is 10.7. The van der Waals surface area contributed by atoms with E-state index in [1.54, 1.807) is 6.20 Å². The van der Waals surface area contributed by atoms with E-state index in [0.29, 0.717) is 13.1 Å². The molecule has 1 N–H and O–H groups in total. The summed E-state index contributed by atoms with van der Waals surface area (Å²) in [5, 5.41) is 10.5. The van der Waals surface area contributed by atoms with Crippen LogP contribution in [0.5, 0.6) is 0 Å². The second-order valence-electron chi connectivity index (χ2n) is 4.46. The van der Waals surface area contributed by atoms with E-state index in [2.05, 4.69) is 15.6 Å². The minimum Gasteiger partial charge on any atom is -0.353 e.